The summed E-state index contributed by atoms with van der Waals surface area (Å²) in [5, 5.41) is 0. The highest BCUT2D eigenvalue weighted by Gasteiger charge is 2.40. The van der Waals surface area contributed by atoms with Crippen LogP contribution in [0, 0.1) is 18.6 Å². The van der Waals surface area contributed by atoms with Gasteiger partial charge in [0.2, 0.25) is 0 Å². The van der Waals surface area contributed by atoms with Crippen molar-refractivity contribution >= 4 is 24.2 Å². The number of aromatic amines is 1. The molecule has 0 bridgehead atoms. The van der Waals surface area contributed by atoms with Crippen LogP contribution in [0.3, 0.4) is 0 Å². The standard InChI is InChI=1S/C32H30N2O6S/c1-20-8-12-23(13-9-20)30(36)38-19-27-26(40-31(37)24-14-10-21(2)11-15-24)17-28(39-27)34-18-25(29(35)33-32(34)41)16-22-6-4-3-5-7-22/h3-15,18,26-28H,16-17,19H2,1-2H3,(H,33,35,41)/t26-,27+,28+/m0/s1. The van der Waals surface area contributed by atoms with Crippen LogP contribution in [0.4, 0.5) is 0 Å². The maximum atomic E-state index is 13.0. The van der Waals surface area contributed by atoms with Crippen LogP contribution < -0.4 is 5.56 Å². The molecule has 0 unspecified atom stereocenters. The fraction of sp³-hybridized carbons (Fsp3) is 0.250. The Morgan fingerprint density at radius 2 is 1.54 bits per heavy atom. The molecule has 0 spiro atoms. The van der Waals surface area contributed by atoms with Crippen LogP contribution in [0.15, 0.2) is 89.9 Å². The zero-order valence-corrected chi connectivity index (χ0v) is 23.6. The van der Waals surface area contributed by atoms with Crippen LogP contribution >= 0.6 is 12.2 Å². The lowest BCUT2D eigenvalue weighted by atomic mass is 10.1. The normalized spacial score (nSPS) is 18.1. The molecule has 41 heavy (non-hydrogen) atoms. The van der Waals surface area contributed by atoms with Crippen LogP contribution in [0.2, 0.25) is 0 Å². The van der Waals surface area contributed by atoms with Gasteiger partial charge in [-0.05, 0) is 55.9 Å². The van der Waals surface area contributed by atoms with Crippen molar-refractivity contribution in [3.63, 3.8) is 0 Å². The third-order valence-electron chi connectivity index (χ3n) is 6.98. The van der Waals surface area contributed by atoms with E-state index in [0.717, 1.165) is 16.7 Å². The Morgan fingerprint density at radius 1 is 0.927 bits per heavy atom. The second kappa shape index (κ2) is 12.4. The molecule has 9 heteroatoms. The highest BCUT2D eigenvalue weighted by molar-refractivity contribution is 7.71. The molecular formula is C32H30N2O6S. The van der Waals surface area contributed by atoms with Crippen molar-refractivity contribution in [1.29, 1.82) is 0 Å². The zero-order chi connectivity index (χ0) is 28.9. The summed E-state index contributed by atoms with van der Waals surface area (Å²) in [6.45, 7) is 3.73. The van der Waals surface area contributed by atoms with Crippen molar-refractivity contribution in [1.82, 2.24) is 9.55 Å². The Morgan fingerprint density at radius 3 is 2.17 bits per heavy atom. The van der Waals surface area contributed by atoms with E-state index in [0.29, 0.717) is 23.1 Å². The predicted octanol–water partition coefficient (Wildman–Crippen LogP) is 5.48. The maximum Gasteiger partial charge on any atom is 0.338 e. The smallest absolute Gasteiger partial charge is 0.338 e. The third-order valence-corrected chi connectivity index (χ3v) is 7.29. The molecule has 4 aromatic rings. The van der Waals surface area contributed by atoms with E-state index in [1.807, 2.05) is 68.4 Å². The topological polar surface area (TPSA) is 99.6 Å². The molecule has 3 aromatic carbocycles. The van der Waals surface area contributed by atoms with Gasteiger partial charge in [-0.25, -0.2) is 9.59 Å². The summed E-state index contributed by atoms with van der Waals surface area (Å²) in [6.07, 6.45) is 0.185. The molecule has 2 heterocycles. The van der Waals surface area contributed by atoms with Crippen molar-refractivity contribution < 1.29 is 23.8 Å². The van der Waals surface area contributed by atoms with Gasteiger partial charge in [0.05, 0.1) is 11.1 Å². The van der Waals surface area contributed by atoms with Gasteiger partial charge in [0.15, 0.2) is 4.77 Å². The summed E-state index contributed by atoms with van der Waals surface area (Å²) in [5.74, 6) is -1.02. The van der Waals surface area contributed by atoms with Crippen LogP contribution in [0.25, 0.3) is 0 Å². The van der Waals surface area contributed by atoms with E-state index in [2.05, 4.69) is 4.98 Å². The number of hydrogen-bond acceptors (Lipinski definition) is 7. The Labute approximate surface area is 242 Å². The Bertz CT molecular complexity index is 1650. The fourth-order valence-corrected chi connectivity index (χ4v) is 4.92. The molecular weight excluding hydrogens is 540 g/mol. The molecule has 1 aliphatic rings. The molecule has 210 valence electrons. The Balaban J connectivity index is 1.38. The van der Waals surface area contributed by atoms with Gasteiger partial charge >= 0.3 is 11.9 Å². The van der Waals surface area contributed by atoms with E-state index in [1.165, 1.54) is 0 Å². The monoisotopic (exact) mass is 570 g/mol. The molecule has 1 aromatic heterocycles. The van der Waals surface area contributed by atoms with E-state index in [-0.39, 0.29) is 23.4 Å². The first-order valence-electron chi connectivity index (χ1n) is 13.3. The summed E-state index contributed by atoms with van der Waals surface area (Å²) in [6, 6.07) is 23.7. The number of aryl methyl sites for hydroxylation is 2. The molecule has 1 fully saturated rings. The highest BCUT2D eigenvalue weighted by atomic mass is 32.1. The third kappa shape index (κ3) is 6.87. The first-order valence-corrected chi connectivity index (χ1v) is 13.7. The fourth-order valence-electron chi connectivity index (χ4n) is 4.65. The first kappa shape index (κ1) is 28.2. The van der Waals surface area contributed by atoms with Gasteiger partial charge in [-0.1, -0.05) is 65.7 Å². The van der Waals surface area contributed by atoms with E-state index in [1.54, 1.807) is 35.0 Å². The second-order valence-electron chi connectivity index (χ2n) is 10.1. The molecule has 1 N–H and O–H groups in total. The predicted molar refractivity (Wildman–Crippen MR) is 156 cm³/mol. The number of esters is 2. The van der Waals surface area contributed by atoms with E-state index in [4.69, 9.17) is 26.4 Å². The van der Waals surface area contributed by atoms with E-state index in [9.17, 15) is 14.4 Å². The van der Waals surface area contributed by atoms with Crippen LogP contribution in [-0.4, -0.2) is 40.3 Å². The van der Waals surface area contributed by atoms with Crippen molar-refractivity contribution in [3.05, 3.63) is 134 Å². The molecule has 1 saturated heterocycles. The first-order chi connectivity index (χ1) is 19.8. The SMILES string of the molecule is Cc1ccc(C(=O)OC[C@H]2O[C@@H](n3cc(Cc4ccccc4)c(=O)[nH]c3=S)C[C@@H]2OC(=O)c2ccc(C)cc2)cc1. The number of H-pyrrole nitrogens is 1. The summed E-state index contributed by atoms with van der Waals surface area (Å²) in [5.41, 5.74) is 4.06. The van der Waals surface area contributed by atoms with E-state index < -0.39 is 30.4 Å². The van der Waals surface area contributed by atoms with Crippen molar-refractivity contribution in [2.45, 2.75) is 45.1 Å². The van der Waals surface area contributed by atoms with Crippen LogP contribution in [0.1, 0.15) is 55.6 Å². The number of hydrogen-bond donors (Lipinski definition) is 1. The number of nitrogens with zero attached hydrogens (tertiary/aromatic N) is 1. The van der Waals surface area contributed by atoms with Gasteiger partial charge in [-0.3, -0.25) is 14.3 Å². The number of carbonyl (C=O) groups excluding carboxylic acids is 2. The number of carbonyl (C=O) groups is 2. The Kier molecular flexibility index (Phi) is 8.56. The maximum absolute atomic E-state index is 13.0. The zero-order valence-electron chi connectivity index (χ0n) is 22.7. The minimum absolute atomic E-state index is 0.136. The number of benzene rings is 3. The van der Waals surface area contributed by atoms with Crippen molar-refractivity contribution in [3.8, 4) is 0 Å². The van der Waals surface area contributed by atoms with Gasteiger partial charge in [-0.2, -0.15) is 0 Å². The highest BCUT2D eigenvalue weighted by Crippen LogP contribution is 2.32. The van der Waals surface area contributed by atoms with E-state index >= 15 is 0 Å². The Hall–Kier alpha value is -4.34. The van der Waals surface area contributed by atoms with Crippen molar-refractivity contribution in [2.24, 2.45) is 0 Å². The summed E-state index contributed by atoms with van der Waals surface area (Å²) >= 11 is 5.47. The minimum atomic E-state index is -0.754. The molecule has 3 atom stereocenters. The lowest BCUT2D eigenvalue weighted by Crippen LogP contribution is -2.32. The molecule has 5 rings (SSSR count). The molecule has 8 nitrogen and oxygen atoms in total. The molecule has 1 aliphatic heterocycles. The number of aromatic nitrogens is 2. The van der Waals surface area contributed by atoms with Gasteiger partial charge in [0.25, 0.3) is 5.56 Å². The van der Waals surface area contributed by atoms with Crippen LogP contribution in [-0.2, 0) is 20.6 Å². The van der Waals surface area contributed by atoms with Gasteiger partial charge in [-0.15, -0.1) is 0 Å². The molecule has 0 aliphatic carbocycles. The van der Waals surface area contributed by atoms with Crippen LogP contribution in [0.5, 0.6) is 0 Å². The number of ether oxygens (including phenoxy) is 3. The molecule has 0 amide bonds. The molecule has 0 saturated carbocycles. The largest absolute Gasteiger partial charge is 0.459 e. The van der Waals surface area contributed by atoms with Gasteiger partial charge in [0.1, 0.15) is 25.0 Å². The van der Waals surface area contributed by atoms with Gasteiger partial charge in [0, 0.05) is 24.6 Å². The molecule has 0 radical (unpaired) electrons. The average molecular weight is 571 g/mol. The number of nitrogens with one attached hydrogen (secondary N) is 1. The van der Waals surface area contributed by atoms with Crippen molar-refractivity contribution in [2.75, 3.05) is 6.61 Å². The lowest BCUT2D eigenvalue weighted by Gasteiger charge is -2.19. The second-order valence-corrected chi connectivity index (χ2v) is 10.5. The number of rotatable bonds is 8. The summed E-state index contributed by atoms with van der Waals surface area (Å²) in [4.78, 5) is 41.1. The lowest BCUT2D eigenvalue weighted by molar-refractivity contribution is -0.0578. The minimum Gasteiger partial charge on any atom is -0.459 e. The average Bonchev–Trinajstić information content (AvgIpc) is 3.36. The summed E-state index contributed by atoms with van der Waals surface area (Å²) in [7, 11) is 0. The quantitative estimate of drug-likeness (QED) is 0.221. The van der Waals surface area contributed by atoms with Gasteiger partial charge < -0.3 is 14.2 Å². The summed E-state index contributed by atoms with van der Waals surface area (Å²) < 4.78 is 19.5.